The van der Waals surface area contributed by atoms with Crippen molar-refractivity contribution in [2.75, 3.05) is 24.5 Å². The molecule has 2 saturated heterocycles. The molecule has 2 aliphatic heterocycles. The molecule has 7 heteroatoms. The molecule has 3 heterocycles. The molecular weight excluding hydrogens is 318 g/mol. The van der Waals surface area contributed by atoms with Gasteiger partial charge in [0, 0.05) is 43.9 Å². The third kappa shape index (κ3) is 4.08. The van der Waals surface area contributed by atoms with Crippen molar-refractivity contribution >= 4 is 17.6 Å². The van der Waals surface area contributed by atoms with Crippen LogP contribution in [0.3, 0.4) is 0 Å². The molecule has 0 aromatic carbocycles. The zero-order valence-electron chi connectivity index (χ0n) is 15.0. The summed E-state index contributed by atoms with van der Waals surface area (Å²) in [5, 5.41) is 6.01. The molecule has 1 aromatic heterocycles. The van der Waals surface area contributed by atoms with Crippen molar-refractivity contribution in [3.05, 3.63) is 18.1 Å². The summed E-state index contributed by atoms with van der Waals surface area (Å²) in [6, 6.07) is 2.14. The minimum atomic E-state index is -0.513. The molecule has 7 nitrogen and oxygen atoms in total. The highest BCUT2D eigenvalue weighted by atomic mass is 16.2. The van der Waals surface area contributed by atoms with Gasteiger partial charge in [0.1, 0.15) is 12.1 Å². The number of nitrogens with one attached hydrogen (secondary N) is 2. The number of carbonyl (C=O) groups is 2. The second-order valence-electron chi connectivity index (χ2n) is 7.32. The topological polar surface area (TPSA) is 87.2 Å². The van der Waals surface area contributed by atoms with Gasteiger partial charge in [-0.1, -0.05) is 6.92 Å². The summed E-state index contributed by atoms with van der Waals surface area (Å²) in [7, 11) is 0. The van der Waals surface area contributed by atoms with Crippen LogP contribution in [0.25, 0.3) is 0 Å². The second kappa shape index (κ2) is 7.37. The van der Waals surface area contributed by atoms with E-state index in [0.717, 1.165) is 43.9 Å². The lowest BCUT2D eigenvalue weighted by Crippen LogP contribution is -2.55. The molecule has 0 unspecified atom stereocenters. The SMILES string of the molecule is CCc1cc(N2CCC[C@H](NC(=O)[C@]3(C)CCC(=O)NC3)C2)ncn1. The van der Waals surface area contributed by atoms with Crippen LogP contribution in [0.15, 0.2) is 12.4 Å². The van der Waals surface area contributed by atoms with Gasteiger partial charge >= 0.3 is 0 Å². The van der Waals surface area contributed by atoms with Crippen LogP contribution in [0.2, 0.25) is 0 Å². The Balaban J connectivity index is 1.61. The Morgan fingerprint density at radius 3 is 3.04 bits per heavy atom. The zero-order chi connectivity index (χ0) is 17.9. The molecule has 0 spiro atoms. The third-order valence-corrected chi connectivity index (χ3v) is 5.28. The van der Waals surface area contributed by atoms with Gasteiger partial charge in [-0.05, 0) is 32.6 Å². The number of hydrogen-bond donors (Lipinski definition) is 2. The second-order valence-corrected chi connectivity index (χ2v) is 7.32. The van der Waals surface area contributed by atoms with Crippen molar-refractivity contribution in [2.24, 2.45) is 5.41 Å². The summed E-state index contributed by atoms with van der Waals surface area (Å²) in [6.45, 7) is 6.13. The molecule has 2 amide bonds. The van der Waals surface area contributed by atoms with E-state index < -0.39 is 5.41 Å². The van der Waals surface area contributed by atoms with E-state index in [0.29, 0.717) is 19.4 Å². The monoisotopic (exact) mass is 345 g/mol. The maximum absolute atomic E-state index is 12.7. The van der Waals surface area contributed by atoms with E-state index in [9.17, 15) is 9.59 Å². The number of aromatic nitrogens is 2. The van der Waals surface area contributed by atoms with Crippen LogP contribution in [0.4, 0.5) is 5.82 Å². The summed E-state index contributed by atoms with van der Waals surface area (Å²) in [5.41, 5.74) is 0.516. The Morgan fingerprint density at radius 2 is 2.32 bits per heavy atom. The van der Waals surface area contributed by atoms with Crippen LogP contribution >= 0.6 is 0 Å². The van der Waals surface area contributed by atoms with Crippen molar-refractivity contribution in [1.82, 2.24) is 20.6 Å². The largest absolute Gasteiger partial charge is 0.355 e. The molecule has 0 radical (unpaired) electrons. The first-order chi connectivity index (χ1) is 12.0. The van der Waals surface area contributed by atoms with E-state index in [1.165, 1.54) is 0 Å². The fourth-order valence-corrected chi connectivity index (χ4v) is 3.47. The molecule has 3 rings (SSSR count). The molecule has 2 fully saturated rings. The lowest BCUT2D eigenvalue weighted by atomic mass is 9.81. The fraction of sp³-hybridized carbons (Fsp3) is 0.667. The average Bonchev–Trinajstić information content (AvgIpc) is 2.64. The van der Waals surface area contributed by atoms with E-state index >= 15 is 0 Å². The van der Waals surface area contributed by atoms with Gasteiger partial charge in [-0.3, -0.25) is 9.59 Å². The van der Waals surface area contributed by atoms with Crippen LogP contribution < -0.4 is 15.5 Å². The van der Waals surface area contributed by atoms with E-state index in [1.807, 2.05) is 13.0 Å². The molecule has 1 aromatic rings. The van der Waals surface area contributed by atoms with Gasteiger partial charge < -0.3 is 15.5 Å². The fourth-order valence-electron chi connectivity index (χ4n) is 3.47. The molecule has 0 aliphatic carbocycles. The molecule has 2 N–H and O–H groups in total. The Morgan fingerprint density at radius 1 is 1.48 bits per heavy atom. The van der Waals surface area contributed by atoms with Crippen molar-refractivity contribution in [3.8, 4) is 0 Å². The first kappa shape index (κ1) is 17.6. The molecule has 25 heavy (non-hydrogen) atoms. The molecule has 2 aliphatic rings. The first-order valence-electron chi connectivity index (χ1n) is 9.14. The van der Waals surface area contributed by atoms with Crippen LogP contribution in [0, 0.1) is 5.41 Å². The Bertz CT molecular complexity index is 638. The highest BCUT2D eigenvalue weighted by Crippen LogP contribution is 2.27. The predicted molar refractivity (Wildman–Crippen MR) is 95.1 cm³/mol. The Kier molecular flexibility index (Phi) is 5.20. The van der Waals surface area contributed by atoms with E-state index in [4.69, 9.17) is 0 Å². The third-order valence-electron chi connectivity index (χ3n) is 5.28. The van der Waals surface area contributed by atoms with Crippen LogP contribution in [0.1, 0.15) is 45.2 Å². The Hall–Kier alpha value is -2.18. The summed E-state index contributed by atoms with van der Waals surface area (Å²) >= 11 is 0. The molecule has 2 atom stereocenters. The number of carbonyl (C=O) groups excluding carboxylic acids is 2. The first-order valence-corrected chi connectivity index (χ1v) is 9.14. The lowest BCUT2D eigenvalue weighted by molar-refractivity contribution is -0.135. The van der Waals surface area contributed by atoms with Crippen molar-refractivity contribution in [3.63, 3.8) is 0 Å². The van der Waals surface area contributed by atoms with Crippen molar-refractivity contribution in [1.29, 1.82) is 0 Å². The number of hydrogen-bond acceptors (Lipinski definition) is 5. The van der Waals surface area contributed by atoms with Gasteiger partial charge in [0.2, 0.25) is 11.8 Å². The number of nitrogens with zero attached hydrogens (tertiary/aromatic N) is 3. The Labute approximate surface area is 148 Å². The highest BCUT2D eigenvalue weighted by Gasteiger charge is 2.38. The maximum Gasteiger partial charge on any atom is 0.228 e. The standard InChI is InChI=1S/C18H27N5O2/c1-3-13-9-15(21-12-20-13)23-8-4-5-14(10-23)22-17(25)18(2)7-6-16(24)19-11-18/h9,12,14H,3-8,10-11H2,1-2H3,(H,19,24)(H,22,25)/t14-,18+/m0/s1. The summed E-state index contributed by atoms with van der Waals surface area (Å²) in [6.07, 6.45) is 5.50. The predicted octanol–water partition coefficient (Wildman–Crippen LogP) is 1.04. The number of piperidine rings is 2. The molecule has 0 bridgehead atoms. The van der Waals surface area contributed by atoms with E-state index in [2.05, 4.69) is 32.4 Å². The van der Waals surface area contributed by atoms with Crippen LogP contribution in [-0.2, 0) is 16.0 Å². The van der Waals surface area contributed by atoms with Crippen LogP contribution in [-0.4, -0.2) is 47.5 Å². The molecule has 136 valence electrons. The minimum Gasteiger partial charge on any atom is -0.355 e. The number of rotatable bonds is 4. The van der Waals surface area contributed by atoms with Gasteiger partial charge in [-0.25, -0.2) is 9.97 Å². The van der Waals surface area contributed by atoms with Crippen molar-refractivity contribution in [2.45, 2.75) is 52.0 Å². The van der Waals surface area contributed by atoms with Gasteiger partial charge in [-0.15, -0.1) is 0 Å². The summed E-state index contributed by atoms with van der Waals surface area (Å²) in [5.74, 6) is 1.00. The quantitative estimate of drug-likeness (QED) is 0.851. The zero-order valence-corrected chi connectivity index (χ0v) is 15.0. The van der Waals surface area contributed by atoms with Crippen molar-refractivity contribution < 1.29 is 9.59 Å². The van der Waals surface area contributed by atoms with Gasteiger partial charge in [0.15, 0.2) is 0 Å². The van der Waals surface area contributed by atoms with Gasteiger partial charge in [-0.2, -0.15) is 0 Å². The smallest absolute Gasteiger partial charge is 0.228 e. The number of aryl methyl sites for hydroxylation is 1. The van der Waals surface area contributed by atoms with Crippen LogP contribution in [0.5, 0.6) is 0 Å². The summed E-state index contributed by atoms with van der Waals surface area (Å²) in [4.78, 5) is 35.0. The highest BCUT2D eigenvalue weighted by molar-refractivity contribution is 5.86. The minimum absolute atomic E-state index is 0.0320. The number of anilines is 1. The normalized spacial score (nSPS) is 26.9. The summed E-state index contributed by atoms with van der Waals surface area (Å²) < 4.78 is 0. The van der Waals surface area contributed by atoms with E-state index in [1.54, 1.807) is 6.33 Å². The average molecular weight is 345 g/mol. The molecule has 0 saturated carbocycles. The van der Waals surface area contributed by atoms with Gasteiger partial charge in [0.05, 0.1) is 5.41 Å². The van der Waals surface area contributed by atoms with E-state index in [-0.39, 0.29) is 17.9 Å². The molecular formula is C18H27N5O2. The number of amides is 2. The maximum atomic E-state index is 12.7. The van der Waals surface area contributed by atoms with Gasteiger partial charge in [0.25, 0.3) is 0 Å². The lowest BCUT2D eigenvalue weighted by Gasteiger charge is -2.37.